The van der Waals surface area contributed by atoms with E-state index in [0.717, 1.165) is 37.1 Å². The van der Waals surface area contributed by atoms with Crippen LogP contribution < -0.4 is 10.2 Å². The highest BCUT2D eigenvalue weighted by atomic mass is 19.1. The third-order valence-corrected chi connectivity index (χ3v) is 4.42. The number of hydrogen-bond acceptors (Lipinski definition) is 5. The number of para-hydroxylation sites is 1. The second kappa shape index (κ2) is 6.39. The van der Waals surface area contributed by atoms with Crippen LogP contribution in [0, 0.1) is 5.82 Å². The second-order valence-electron chi connectivity index (χ2n) is 5.95. The third kappa shape index (κ3) is 2.87. The van der Waals surface area contributed by atoms with Crippen LogP contribution in [-0.4, -0.2) is 34.1 Å². The number of halogens is 1. The molecule has 1 fully saturated rings. The molecule has 5 nitrogen and oxygen atoms in total. The van der Waals surface area contributed by atoms with E-state index in [2.05, 4.69) is 25.2 Å². The molecule has 122 valence electrons. The van der Waals surface area contributed by atoms with Crippen molar-refractivity contribution in [2.24, 2.45) is 0 Å². The molecule has 0 amide bonds. The number of piperidine rings is 1. The number of benzene rings is 1. The van der Waals surface area contributed by atoms with E-state index in [0.29, 0.717) is 17.4 Å². The minimum Gasteiger partial charge on any atom is -0.367 e. The Morgan fingerprint density at radius 1 is 1.00 bits per heavy atom. The highest BCUT2D eigenvalue weighted by Crippen LogP contribution is 2.24. The fraction of sp³-hybridized carbons (Fsp3) is 0.278. The van der Waals surface area contributed by atoms with Gasteiger partial charge in [-0.15, -0.1) is 0 Å². The number of aromatic nitrogens is 3. The van der Waals surface area contributed by atoms with Crippen LogP contribution in [0.4, 0.5) is 16.0 Å². The highest BCUT2D eigenvalue weighted by Gasteiger charge is 2.21. The Labute approximate surface area is 139 Å². The Bertz CT molecular complexity index is 831. The molecule has 1 N–H and O–H groups in total. The molecular weight excluding hydrogens is 305 g/mol. The minimum atomic E-state index is -0.317. The summed E-state index contributed by atoms with van der Waals surface area (Å²) in [6.07, 6.45) is 5.20. The SMILES string of the molecule is Fc1cccc2c(NC3CCN(c4ccccn4)CC3)ncnc12. The molecule has 0 aliphatic carbocycles. The van der Waals surface area contributed by atoms with Crippen molar-refractivity contribution in [3.63, 3.8) is 0 Å². The maximum Gasteiger partial charge on any atom is 0.149 e. The molecule has 3 aromatic rings. The molecule has 0 atom stereocenters. The van der Waals surface area contributed by atoms with Gasteiger partial charge in [-0.2, -0.15) is 0 Å². The zero-order valence-corrected chi connectivity index (χ0v) is 13.2. The van der Waals surface area contributed by atoms with Crippen LogP contribution in [0.15, 0.2) is 48.9 Å². The smallest absolute Gasteiger partial charge is 0.149 e. The van der Waals surface area contributed by atoms with E-state index in [1.165, 1.54) is 12.4 Å². The van der Waals surface area contributed by atoms with E-state index in [1.807, 2.05) is 30.5 Å². The number of pyridine rings is 1. The van der Waals surface area contributed by atoms with Gasteiger partial charge >= 0.3 is 0 Å². The van der Waals surface area contributed by atoms with E-state index in [9.17, 15) is 4.39 Å². The van der Waals surface area contributed by atoms with E-state index in [4.69, 9.17) is 0 Å². The molecule has 2 aromatic heterocycles. The zero-order valence-electron chi connectivity index (χ0n) is 13.2. The normalized spacial score (nSPS) is 15.6. The topological polar surface area (TPSA) is 53.9 Å². The van der Waals surface area contributed by atoms with E-state index in [1.54, 1.807) is 6.07 Å². The monoisotopic (exact) mass is 323 g/mol. The summed E-state index contributed by atoms with van der Waals surface area (Å²) in [5, 5.41) is 4.18. The van der Waals surface area contributed by atoms with Crippen molar-refractivity contribution in [1.82, 2.24) is 15.0 Å². The summed E-state index contributed by atoms with van der Waals surface area (Å²) in [5.74, 6) is 1.41. The first kappa shape index (κ1) is 14.8. The number of rotatable bonds is 3. The summed E-state index contributed by atoms with van der Waals surface area (Å²) >= 11 is 0. The molecule has 0 spiro atoms. The first-order chi connectivity index (χ1) is 11.8. The molecule has 6 heteroatoms. The minimum absolute atomic E-state index is 0.311. The van der Waals surface area contributed by atoms with Crippen molar-refractivity contribution in [3.8, 4) is 0 Å². The van der Waals surface area contributed by atoms with Crippen LogP contribution in [-0.2, 0) is 0 Å². The summed E-state index contributed by atoms with van der Waals surface area (Å²) in [7, 11) is 0. The Kier molecular flexibility index (Phi) is 3.94. The van der Waals surface area contributed by atoms with Gasteiger partial charge in [-0.3, -0.25) is 0 Å². The van der Waals surface area contributed by atoms with Crippen LogP contribution in [0.2, 0.25) is 0 Å². The summed E-state index contributed by atoms with van der Waals surface area (Å²) in [5.41, 5.74) is 0.362. The number of nitrogens with one attached hydrogen (secondary N) is 1. The van der Waals surface area contributed by atoms with Crippen molar-refractivity contribution in [2.75, 3.05) is 23.3 Å². The third-order valence-electron chi connectivity index (χ3n) is 4.42. The van der Waals surface area contributed by atoms with E-state index in [-0.39, 0.29) is 5.82 Å². The lowest BCUT2D eigenvalue weighted by Gasteiger charge is -2.33. The Morgan fingerprint density at radius 3 is 2.67 bits per heavy atom. The molecule has 1 aromatic carbocycles. The number of nitrogens with zero attached hydrogens (tertiary/aromatic N) is 4. The second-order valence-corrected chi connectivity index (χ2v) is 5.95. The van der Waals surface area contributed by atoms with Crippen molar-refractivity contribution in [3.05, 3.63) is 54.7 Å². The average molecular weight is 323 g/mol. The number of hydrogen-bond donors (Lipinski definition) is 1. The molecular formula is C18H18FN5. The van der Waals surface area contributed by atoms with Crippen LogP contribution in [0.5, 0.6) is 0 Å². The molecule has 24 heavy (non-hydrogen) atoms. The Hall–Kier alpha value is -2.76. The number of anilines is 2. The molecule has 3 heterocycles. The molecule has 0 unspecified atom stereocenters. The molecule has 1 aliphatic rings. The van der Waals surface area contributed by atoms with Gasteiger partial charge in [0.15, 0.2) is 0 Å². The first-order valence-corrected chi connectivity index (χ1v) is 8.13. The molecule has 4 rings (SSSR count). The van der Waals surface area contributed by atoms with E-state index < -0.39 is 0 Å². The van der Waals surface area contributed by atoms with Crippen molar-refractivity contribution >= 4 is 22.5 Å². The van der Waals surface area contributed by atoms with Gasteiger partial charge in [0.25, 0.3) is 0 Å². The molecule has 0 bridgehead atoms. The van der Waals surface area contributed by atoms with Gasteiger partial charge in [-0.1, -0.05) is 12.1 Å². The molecule has 0 saturated carbocycles. The average Bonchev–Trinajstić information content (AvgIpc) is 2.64. The summed E-state index contributed by atoms with van der Waals surface area (Å²) in [6, 6.07) is 11.2. The summed E-state index contributed by atoms with van der Waals surface area (Å²) in [4.78, 5) is 15.0. The summed E-state index contributed by atoms with van der Waals surface area (Å²) < 4.78 is 13.9. The lowest BCUT2D eigenvalue weighted by molar-refractivity contribution is 0.523. The number of fused-ring (bicyclic) bond motifs is 1. The van der Waals surface area contributed by atoms with Gasteiger partial charge in [0.05, 0.1) is 0 Å². The van der Waals surface area contributed by atoms with Crippen LogP contribution in [0.1, 0.15) is 12.8 Å². The predicted molar refractivity (Wildman–Crippen MR) is 92.6 cm³/mol. The van der Waals surface area contributed by atoms with Gasteiger partial charge in [0.1, 0.15) is 29.3 Å². The van der Waals surface area contributed by atoms with Gasteiger partial charge in [0, 0.05) is 30.7 Å². The van der Waals surface area contributed by atoms with Crippen LogP contribution in [0.25, 0.3) is 10.9 Å². The van der Waals surface area contributed by atoms with Crippen molar-refractivity contribution in [2.45, 2.75) is 18.9 Å². The lowest BCUT2D eigenvalue weighted by Crippen LogP contribution is -2.39. The molecule has 1 aliphatic heterocycles. The van der Waals surface area contributed by atoms with E-state index >= 15 is 0 Å². The highest BCUT2D eigenvalue weighted by molar-refractivity contribution is 5.89. The summed E-state index contributed by atoms with van der Waals surface area (Å²) in [6.45, 7) is 1.87. The quantitative estimate of drug-likeness (QED) is 0.802. The fourth-order valence-electron chi connectivity index (χ4n) is 3.15. The molecule has 0 radical (unpaired) electrons. The maximum atomic E-state index is 13.9. The fourth-order valence-corrected chi connectivity index (χ4v) is 3.15. The molecule has 1 saturated heterocycles. The van der Waals surface area contributed by atoms with Crippen LogP contribution in [0.3, 0.4) is 0 Å². The maximum absolute atomic E-state index is 13.9. The Morgan fingerprint density at radius 2 is 1.88 bits per heavy atom. The lowest BCUT2D eigenvalue weighted by atomic mass is 10.0. The van der Waals surface area contributed by atoms with Crippen LogP contribution >= 0.6 is 0 Å². The van der Waals surface area contributed by atoms with Gasteiger partial charge in [-0.25, -0.2) is 19.3 Å². The Balaban J connectivity index is 1.47. The van der Waals surface area contributed by atoms with Gasteiger partial charge < -0.3 is 10.2 Å². The van der Waals surface area contributed by atoms with Gasteiger partial charge in [-0.05, 0) is 37.1 Å². The largest absolute Gasteiger partial charge is 0.367 e. The first-order valence-electron chi connectivity index (χ1n) is 8.13. The standard InChI is InChI=1S/C18H18FN5/c19-15-5-3-4-14-17(15)21-12-22-18(14)23-13-7-10-24(11-8-13)16-6-1-2-9-20-16/h1-6,9,12-13H,7-8,10-11H2,(H,21,22,23). The zero-order chi connectivity index (χ0) is 16.4. The predicted octanol–water partition coefficient (Wildman–Crippen LogP) is 3.24. The van der Waals surface area contributed by atoms with Crippen molar-refractivity contribution in [1.29, 1.82) is 0 Å². The van der Waals surface area contributed by atoms with Gasteiger partial charge in [0.2, 0.25) is 0 Å². The van der Waals surface area contributed by atoms with Crippen molar-refractivity contribution < 1.29 is 4.39 Å².